The molecule has 1 aliphatic carbocycles. The number of nitrogens with one attached hydrogen (secondary N) is 1. The lowest BCUT2D eigenvalue weighted by Crippen LogP contribution is -2.33. The van der Waals surface area contributed by atoms with Gasteiger partial charge in [-0.2, -0.15) is 0 Å². The molecule has 3 nitrogen and oxygen atoms in total. The van der Waals surface area contributed by atoms with Gasteiger partial charge in [-0.1, -0.05) is 18.2 Å². The van der Waals surface area contributed by atoms with Crippen LogP contribution in [-0.4, -0.2) is 11.7 Å². The first-order valence-corrected chi connectivity index (χ1v) is 6.19. The third-order valence-electron chi connectivity index (χ3n) is 3.32. The summed E-state index contributed by atoms with van der Waals surface area (Å²) in [5.41, 5.74) is 0.484. The van der Waals surface area contributed by atoms with Gasteiger partial charge >= 0.3 is 0 Å². The van der Waals surface area contributed by atoms with Crippen LogP contribution in [0.2, 0.25) is 0 Å². The third-order valence-corrected chi connectivity index (χ3v) is 3.32. The van der Waals surface area contributed by atoms with Gasteiger partial charge in [-0.05, 0) is 18.9 Å². The van der Waals surface area contributed by atoms with Crippen molar-refractivity contribution in [2.75, 3.05) is 0 Å². The molecule has 1 aromatic carbocycles. The highest BCUT2D eigenvalue weighted by molar-refractivity contribution is 5.84. The van der Waals surface area contributed by atoms with Gasteiger partial charge in [0.05, 0.1) is 0 Å². The van der Waals surface area contributed by atoms with E-state index in [0.717, 1.165) is 0 Å². The number of amides is 1. The Hall–Kier alpha value is -1.71. The maximum Gasteiger partial charge on any atom is 0.223 e. The number of ketones is 1. The van der Waals surface area contributed by atoms with Crippen molar-refractivity contribution < 1.29 is 14.0 Å². The van der Waals surface area contributed by atoms with E-state index in [9.17, 15) is 14.0 Å². The molecule has 0 unspecified atom stereocenters. The Morgan fingerprint density at radius 2 is 1.94 bits per heavy atom. The zero-order valence-corrected chi connectivity index (χ0v) is 10.1. The summed E-state index contributed by atoms with van der Waals surface area (Å²) in [4.78, 5) is 22.9. The number of hydrogen-bond acceptors (Lipinski definition) is 2. The number of carbonyl (C=O) groups is 2. The van der Waals surface area contributed by atoms with E-state index in [1.165, 1.54) is 6.07 Å². The Kier molecular flexibility index (Phi) is 4.07. The summed E-state index contributed by atoms with van der Waals surface area (Å²) >= 11 is 0. The summed E-state index contributed by atoms with van der Waals surface area (Å²) in [6.45, 7) is 0.204. The molecule has 0 spiro atoms. The first kappa shape index (κ1) is 12.7. The normalized spacial score (nSPS) is 16.6. The standard InChI is InChI=1S/C14H16FNO2/c15-13-4-2-1-3-11(13)9-16-14(18)10-5-7-12(17)8-6-10/h1-4,10H,5-9H2,(H,16,18). The molecule has 1 fully saturated rings. The minimum Gasteiger partial charge on any atom is -0.352 e. The number of halogens is 1. The van der Waals surface area contributed by atoms with Gasteiger partial charge in [-0.25, -0.2) is 4.39 Å². The fourth-order valence-corrected chi connectivity index (χ4v) is 2.17. The van der Waals surface area contributed by atoms with Crippen LogP contribution in [0.4, 0.5) is 4.39 Å². The molecule has 0 aromatic heterocycles. The van der Waals surface area contributed by atoms with E-state index in [2.05, 4.69) is 5.32 Å². The van der Waals surface area contributed by atoms with Gasteiger partial charge in [-0.3, -0.25) is 9.59 Å². The Labute approximate surface area is 105 Å². The van der Waals surface area contributed by atoms with Crippen LogP contribution in [0.1, 0.15) is 31.2 Å². The number of benzene rings is 1. The SMILES string of the molecule is O=C1CCC(C(=O)NCc2ccccc2F)CC1. The van der Waals surface area contributed by atoms with Gasteiger partial charge in [0.2, 0.25) is 5.91 Å². The van der Waals surface area contributed by atoms with Crippen molar-refractivity contribution in [3.8, 4) is 0 Å². The average molecular weight is 249 g/mol. The van der Waals surface area contributed by atoms with Crippen molar-refractivity contribution in [2.24, 2.45) is 5.92 Å². The minimum atomic E-state index is -0.309. The van der Waals surface area contributed by atoms with Crippen molar-refractivity contribution in [1.29, 1.82) is 0 Å². The molecule has 0 atom stereocenters. The second kappa shape index (κ2) is 5.76. The fraction of sp³-hybridized carbons (Fsp3) is 0.429. The molecule has 0 radical (unpaired) electrons. The van der Waals surface area contributed by atoms with Crippen molar-refractivity contribution in [1.82, 2.24) is 5.32 Å². The second-order valence-electron chi connectivity index (χ2n) is 4.62. The maximum atomic E-state index is 13.3. The third kappa shape index (κ3) is 3.15. The van der Waals surface area contributed by atoms with E-state index in [1.807, 2.05) is 0 Å². The Bertz CT molecular complexity index is 449. The summed E-state index contributed by atoms with van der Waals surface area (Å²) in [6, 6.07) is 6.39. The van der Waals surface area contributed by atoms with Crippen LogP contribution in [0.3, 0.4) is 0 Å². The molecule has 0 bridgehead atoms. The van der Waals surface area contributed by atoms with E-state index in [-0.39, 0.29) is 30.0 Å². The molecular formula is C14H16FNO2. The Morgan fingerprint density at radius 3 is 2.61 bits per heavy atom. The summed E-state index contributed by atoms with van der Waals surface area (Å²) in [5.74, 6) is -0.259. The van der Waals surface area contributed by atoms with Gasteiger partial charge < -0.3 is 5.32 Å². The highest BCUT2D eigenvalue weighted by Crippen LogP contribution is 2.21. The molecule has 2 rings (SSSR count). The monoisotopic (exact) mass is 249 g/mol. The number of rotatable bonds is 3. The Balaban J connectivity index is 1.85. The first-order chi connectivity index (χ1) is 8.66. The van der Waals surface area contributed by atoms with E-state index >= 15 is 0 Å². The largest absolute Gasteiger partial charge is 0.352 e. The van der Waals surface area contributed by atoms with E-state index in [4.69, 9.17) is 0 Å². The van der Waals surface area contributed by atoms with E-state index < -0.39 is 0 Å². The maximum absolute atomic E-state index is 13.3. The van der Waals surface area contributed by atoms with Crippen LogP contribution in [0.5, 0.6) is 0 Å². The second-order valence-corrected chi connectivity index (χ2v) is 4.62. The topological polar surface area (TPSA) is 46.2 Å². The van der Waals surface area contributed by atoms with Crippen molar-refractivity contribution in [3.05, 3.63) is 35.6 Å². The smallest absolute Gasteiger partial charge is 0.223 e. The number of carbonyl (C=O) groups excluding carboxylic acids is 2. The van der Waals surface area contributed by atoms with Crippen LogP contribution < -0.4 is 5.32 Å². The molecule has 18 heavy (non-hydrogen) atoms. The van der Waals surface area contributed by atoms with E-state index in [0.29, 0.717) is 31.2 Å². The van der Waals surface area contributed by atoms with Crippen LogP contribution in [-0.2, 0) is 16.1 Å². The molecule has 0 saturated heterocycles. The quantitative estimate of drug-likeness (QED) is 0.892. The van der Waals surface area contributed by atoms with E-state index in [1.54, 1.807) is 18.2 Å². The Morgan fingerprint density at radius 1 is 1.28 bits per heavy atom. The zero-order chi connectivity index (χ0) is 13.0. The average Bonchev–Trinajstić information content (AvgIpc) is 2.38. The number of hydrogen-bond donors (Lipinski definition) is 1. The van der Waals surface area contributed by atoms with Gasteiger partial charge in [0, 0.05) is 30.9 Å². The molecule has 1 aliphatic rings. The first-order valence-electron chi connectivity index (χ1n) is 6.19. The highest BCUT2D eigenvalue weighted by atomic mass is 19.1. The van der Waals surface area contributed by atoms with Gasteiger partial charge in [0.15, 0.2) is 0 Å². The summed E-state index contributed by atoms with van der Waals surface area (Å²) in [6.07, 6.45) is 2.19. The predicted octanol–water partition coefficient (Wildman–Crippen LogP) is 2.20. The highest BCUT2D eigenvalue weighted by Gasteiger charge is 2.24. The summed E-state index contributed by atoms with van der Waals surface area (Å²) in [5, 5.41) is 2.73. The van der Waals surface area contributed by atoms with Crippen LogP contribution in [0.25, 0.3) is 0 Å². The van der Waals surface area contributed by atoms with Gasteiger partial charge in [0.1, 0.15) is 11.6 Å². The van der Waals surface area contributed by atoms with Crippen molar-refractivity contribution in [3.63, 3.8) is 0 Å². The van der Waals surface area contributed by atoms with Gasteiger partial charge in [0.25, 0.3) is 0 Å². The fourth-order valence-electron chi connectivity index (χ4n) is 2.17. The summed E-state index contributed by atoms with van der Waals surface area (Å²) < 4.78 is 13.3. The molecule has 1 aromatic rings. The predicted molar refractivity (Wildman–Crippen MR) is 65.2 cm³/mol. The number of Topliss-reactive ketones (excluding diaryl/α,β-unsaturated/α-hetero) is 1. The van der Waals surface area contributed by atoms with Crippen molar-refractivity contribution >= 4 is 11.7 Å². The van der Waals surface area contributed by atoms with Crippen molar-refractivity contribution in [2.45, 2.75) is 32.2 Å². The molecule has 0 heterocycles. The molecule has 0 aliphatic heterocycles. The van der Waals surface area contributed by atoms with Gasteiger partial charge in [-0.15, -0.1) is 0 Å². The molecule has 1 N–H and O–H groups in total. The molecule has 1 saturated carbocycles. The minimum absolute atomic E-state index is 0.0780. The lowest BCUT2D eigenvalue weighted by atomic mass is 9.88. The summed E-state index contributed by atoms with van der Waals surface area (Å²) in [7, 11) is 0. The molecule has 96 valence electrons. The van der Waals surface area contributed by atoms with Crippen LogP contribution in [0.15, 0.2) is 24.3 Å². The lowest BCUT2D eigenvalue weighted by Gasteiger charge is -2.20. The van der Waals surface area contributed by atoms with Crippen LogP contribution in [0, 0.1) is 11.7 Å². The molecule has 1 amide bonds. The van der Waals surface area contributed by atoms with Crippen LogP contribution >= 0.6 is 0 Å². The molecular weight excluding hydrogens is 233 g/mol. The lowest BCUT2D eigenvalue weighted by molar-refractivity contribution is -0.128. The zero-order valence-electron chi connectivity index (χ0n) is 10.1. The molecule has 4 heteroatoms.